The smallest absolute Gasteiger partial charge is 0.0802 e. The summed E-state index contributed by atoms with van der Waals surface area (Å²) in [6.07, 6.45) is 6.30. The molecular weight excluding hydrogens is 190 g/mol. The largest absolute Gasteiger partial charge is 0.381 e. The number of nitrogens with one attached hydrogen (secondary N) is 1. The Morgan fingerprint density at radius 1 is 1.40 bits per heavy atom. The Labute approximate surface area is 92.5 Å². The molecule has 2 aliphatic rings. The van der Waals surface area contributed by atoms with Crippen LogP contribution >= 0.6 is 0 Å². The van der Waals surface area contributed by atoms with Crippen LogP contribution in [0.4, 0.5) is 0 Å². The van der Waals surface area contributed by atoms with Crippen molar-refractivity contribution in [3.63, 3.8) is 0 Å². The van der Waals surface area contributed by atoms with Crippen LogP contribution in [0.3, 0.4) is 0 Å². The summed E-state index contributed by atoms with van der Waals surface area (Å²) in [4.78, 5) is 0. The third-order valence-electron chi connectivity index (χ3n) is 3.83. The zero-order valence-corrected chi connectivity index (χ0v) is 9.76. The van der Waals surface area contributed by atoms with E-state index in [2.05, 4.69) is 5.32 Å². The Morgan fingerprint density at radius 2 is 2.27 bits per heavy atom. The van der Waals surface area contributed by atoms with Crippen molar-refractivity contribution >= 4 is 0 Å². The SMILES string of the molecule is COC1(CNCC2CCCOC2)CCC1. The Kier molecular flexibility index (Phi) is 4.00. The average Bonchev–Trinajstić information content (AvgIpc) is 2.24. The summed E-state index contributed by atoms with van der Waals surface area (Å²) in [6.45, 7) is 4.00. The van der Waals surface area contributed by atoms with Gasteiger partial charge in [-0.2, -0.15) is 0 Å². The second-order valence-corrected chi connectivity index (χ2v) is 4.95. The van der Waals surface area contributed by atoms with Gasteiger partial charge in [0, 0.05) is 26.8 Å². The van der Waals surface area contributed by atoms with E-state index in [1.807, 2.05) is 7.11 Å². The van der Waals surface area contributed by atoms with Crippen molar-refractivity contribution in [3.05, 3.63) is 0 Å². The lowest BCUT2D eigenvalue weighted by Gasteiger charge is -2.41. The zero-order valence-electron chi connectivity index (χ0n) is 9.76. The minimum atomic E-state index is 0.162. The van der Waals surface area contributed by atoms with Gasteiger partial charge in [0.2, 0.25) is 0 Å². The van der Waals surface area contributed by atoms with Gasteiger partial charge < -0.3 is 14.8 Å². The number of rotatable bonds is 5. The third-order valence-corrected chi connectivity index (χ3v) is 3.83. The van der Waals surface area contributed by atoms with Crippen molar-refractivity contribution in [1.82, 2.24) is 5.32 Å². The quantitative estimate of drug-likeness (QED) is 0.752. The second kappa shape index (κ2) is 5.28. The third kappa shape index (κ3) is 2.92. The highest BCUT2D eigenvalue weighted by Gasteiger charge is 2.36. The monoisotopic (exact) mass is 213 g/mol. The number of hydrogen-bond donors (Lipinski definition) is 1. The van der Waals surface area contributed by atoms with E-state index < -0.39 is 0 Å². The van der Waals surface area contributed by atoms with Gasteiger partial charge in [0.25, 0.3) is 0 Å². The minimum absolute atomic E-state index is 0.162. The molecule has 15 heavy (non-hydrogen) atoms. The summed E-state index contributed by atoms with van der Waals surface area (Å²) in [5, 5.41) is 3.54. The van der Waals surface area contributed by atoms with Crippen LogP contribution in [0.15, 0.2) is 0 Å². The Balaban J connectivity index is 1.61. The van der Waals surface area contributed by atoms with E-state index in [1.165, 1.54) is 32.1 Å². The van der Waals surface area contributed by atoms with Crippen molar-refractivity contribution in [2.24, 2.45) is 5.92 Å². The van der Waals surface area contributed by atoms with Gasteiger partial charge in [-0.25, -0.2) is 0 Å². The Bertz CT molecular complexity index is 181. The molecule has 1 unspecified atom stereocenters. The molecule has 0 spiro atoms. The zero-order chi connectivity index (χ0) is 10.6. The fourth-order valence-corrected chi connectivity index (χ4v) is 2.50. The first kappa shape index (κ1) is 11.4. The van der Waals surface area contributed by atoms with Crippen molar-refractivity contribution in [3.8, 4) is 0 Å². The number of methoxy groups -OCH3 is 1. The van der Waals surface area contributed by atoms with Crippen LogP contribution < -0.4 is 5.32 Å². The lowest BCUT2D eigenvalue weighted by molar-refractivity contribution is -0.0704. The number of hydrogen-bond acceptors (Lipinski definition) is 3. The molecule has 0 aromatic rings. The van der Waals surface area contributed by atoms with E-state index >= 15 is 0 Å². The predicted molar refractivity (Wildman–Crippen MR) is 60.0 cm³/mol. The summed E-state index contributed by atoms with van der Waals surface area (Å²) in [6, 6.07) is 0. The summed E-state index contributed by atoms with van der Waals surface area (Å²) in [5.41, 5.74) is 0.162. The molecule has 0 bridgehead atoms. The van der Waals surface area contributed by atoms with E-state index in [1.54, 1.807) is 0 Å². The standard InChI is InChI=1S/C12H23NO2/c1-14-12(5-3-6-12)10-13-8-11-4-2-7-15-9-11/h11,13H,2-10H2,1H3. The first-order chi connectivity index (χ1) is 7.35. The van der Waals surface area contributed by atoms with E-state index in [-0.39, 0.29) is 5.60 Å². The van der Waals surface area contributed by atoms with Crippen LogP contribution in [-0.4, -0.2) is 39.0 Å². The molecule has 0 amide bonds. The molecule has 1 saturated carbocycles. The molecule has 0 radical (unpaired) electrons. The maximum Gasteiger partial charge on any atom is 0.0802 e. The molecular formula is C12H23NO2. The van der Waals surface area contributed by atoms with Crippen LogP contribution in [0.1, 0.15) is 32.1 Å². The summed E-state index contributed by atoms with van der Waals surface area (Å²) in [7, 11) is 1.84. The first-order valence-electron chi connectivity index (χ1n) is 6.18. The maximum atomic E-state index is 5.57. The van der Waals surface area contributed by atoms with Gasteiger partial charge >= 0.3 is 0 Å². The molecule has 3 heteroatoms. The number of ether oxygens (including phenoxy) is 2. The summed E-state index contributed by atoms with van der Waals surface area (Å²) in [5.74, 6) is 0.715. The highest BCUT2D eigenvalue weighted by molar-refractivity contribution is 4.91. The molecule has 88 valence electrons. The van der Waals surface area contributed by atoms with E-state index in [4.69, 9.17) is 9.47 Å². The Hall–Kier alpha value is -0.120. The summed E-state index contributed by atoms with van der Waals surface area (Å²) < 4.78 is 11.0. The van der Waals surface area contributed by atoms with Crippen LogP contribution in [-0.2, 0) is 9.47 Å². The Morgan fingerprint density at radius 3 is 2.80 bits per heavy atom. The van der Waals surface area contributed by atoms with Crippen LogP contribution in [0.5, 0.6) is 0 Å². The van der Waals surface area contributed by atoms with Gasteiger partial charge in [-0.05, 0) is 38.0 Å². The van der Waals surface area contributed by atoms with Crippen molar-refractivity contribution in [2.75, 3.05) is 33.4 Å². The van der Waals surface area contributed by atoms with Gasteiger partial charge in [0.1, 0.15) is 0 Å². The van der Waals surface area contributed by atoms with E-state index in [9.17, 15) is 0 Å². The van der Waals surface area contributed by atoms with Crippen molar-refractivity contribution in [1.29, 1.82) is 0 Å². The molecule has 1 atom stereocenters. The molecule has 1 heterocycles. The summed E-state index contributed by atoms with van der Waals surface area (Å²) >= 11 is 0. The molecule has 0 aromatic heterocycles. The van der Waals surface area contributed by atoms with Crippen LogP contribution in [0.2, 0.25) is 0 Å². The molecule has 0 aromatic carbocycles. The molecule has 1 aliphatic heterocycles. The van der Waals surface area contributed by atoms with Gasteiger partial charge in [-0.15, -0.1) is 0 Å². The lowest BCUT2D eigenvalue weighted by atomic mass is 9.80. The van der Waals surface area contributed by atoms with E-state index in [0.29, 0.717) is 5.92 Å². The molecule has 3 nitrogen and oxygen atoms in total. The van der Waals surface area contributed by atoms with Gasteiger partial charge in [0.15, 0.2) is 0 Å². The lowest BCUT2D eigenvalue weighted by Crippen LogP contribution is -2.49. The molecule has 1 N–H and O–H groups in total. The van der Waals surface area contributed by atoms with Gasteiger partial charge in [-0.3, -0.25) is 0 Å². The normalized spacial score (nSPS) is 29.8. The average molecular weight is 213 g/mol. The first-order valence-corrected chi connectivity index (χ1v) is 6.18. The van der Waals surface area contributed by atoms with Gasteiger partial charge in [0.05, 0.1) is 12.2 Å². The molecule has 1 saturated heterocycles. The minimum Gasteiger partial charge on any atom is -0.381 e. The van der Waals surface area contributed by atoms with Crippen LogP contribution in [0, 0.1) is 5.92 Å². The van der Waals surface area contributed by atoms with Gasteiger partial charge in [-0.1, -0.05) is 0 Å². The molecule has 1 aliphatic carbocycles. The highest BCUT2D eigenvalue weighted by atomic mass is 16.5. The molecule has 2 rings (SSSR count). The van der Waals surface area contributed by atoms with Crippen molar-refractivity contribution < 1.29 is 9.47 Å². The maximum absolute atomic E-state index is 5.57. The molecule has 2 fully saturated rings. The van der Waals surface area contributed by atoms with E-state index in [0.717, 1.165) is 26.3 Å². The fourth-order valence-electron chi connectivity index (χ4n) is 2.50. The van der Waals surface area contributed by atoms with Crippen molar-refractivity contribution in [2.45, 2.75) is 37.7 Å². The predicted octanol–water partition coefficient (Wildman–Crippen LogP) is 1.57. The second-order valence-electron chi connectivity index (χ2n) is 4.95. The topological polar surface area (TPSA) is 30.5 Å². The van der Waals surface area contributed by atoms with Crippen LogP contribution in [0.25, 0.3) is 0 Å². The fraction of sp³-hybridized carbons (Fsp3) is 1.00. The highest BCUT2D eigenvalue weighted by Crippen LogP contribution is 2.34.